The van der Waals surface area contributed by atoms with Gasteiger partial charge in [-0.1, -0.05) is 12.1 Å². The molecule has 1 atom stereocenters. The first-order valence-electron chi connectivity index (χ1n) is 14.3. The maximum absolute atomic E-state index is 13.3. The van der Waals surface area contributed by atoms with Crippen LogP contribution < -0.4 is 20.7 Å². The Hall–Kier alpha value is -3.86. The highest BCUT2D eigenvalue weighted by molar-refractivity contribution is 6.08. The van der Waals surface area contributed by atoms with Crippen molar-refractivity contribution in [2.45, 2.75) is 56.7 Å². The van der Waals surface area contributed by atoms with Crippen molar-refractivity contribution < 1.29 is 28.7 Å². The molecule has 0 bridgehead atoms. The monoisotopic (exact) mass is 565 g/mol. The highest BCUT2D eigenvalue weighted by Gasteiger charge is 2.54. The minimum absolute atomic E-state index is 0.0454. The van der Waals surface area contributed by atoms with Crippen LogP contribution in [0.25, 0.3) is 0 Å². The number of amides is 5. The number of carbonyl (C=O) groups excluding carboxylic acids is 4. The Kier molecular flexibility index (Phi) is 8.35. The number of benzene rings is 1. The van der Waals surface area contributed by atoms with Gasteiger partial charge in [-0.3, -0.25) is 19.7 Å². The van der Waals surface area contributed by atoms with Crippen LogP contribution in [0.2, 0.25) is 0 Å². The number of imide groups is 1. The molecule has 11 nitrogen and oxygen atoms in total. The number of fused-ring (bicyclic) bond motifs is 1. The van der Waals surface area contributed by atoms with Gasteiger partial charge in [0, 0.05) is 37.2 Å². The first-order valence-corrected chi connectivity index (χ1v) is 14.3. The molecule has 0 radical (unpaired) electrons. The molecule has 2 heterocycles. The van der Waals surface area contributed by atoms with Crippen LogP contribution in [0.5, 0.6) is 5.75 Å². The molecular weight excluding hydrogens is 526 g/mol. The van der Waals surface area contributed by atoms with Crippen LogP contribution in [0, 0.1) is 5.92 Å². The van der Waals surface area contributed by atoms with Crippen molar-refractivity contribution in [3.63, 3.8) is 0 Å². The van der Waals surface area contributed by atoms with E-state index in [9.17, 15) is 19.2 Å². The molecule has 1 saturated heterocycles. The molecule has 1 aromatic carbocycles. The summed E-state index contributed by atoms with van der Waals surface area (Å²) < 4.78 is 11.6. The van der Waals surface area contributed by atoms with E-state index in [2.05, 4.69) is 16.0 Å². The number of likely N-dealkylation sites (N-methyl/N-ethyl adjacent to an activating group) is 1. The second-order valence-electron chi connectivity index (χ2n) is 11.5. The van der Waals surface area contributed by atoms with E-state index in [0.717, 1.165) is 30.7 Å². The lowest BCUT2D eigenvalue weighted by Crippen LogP contribution is -2.61. The summed E-state index contributed by atoms with van der Waals surface area (Å²) in [5.41, 5.74) is 0.848. The van der Waals surface area contributed by atoms with Crippen molar-refractivity contribution in [1.82, 2.24) is 25.8 Å². The number of nitrogens with one attached hydrogen (secondary N) is 3. The number of ether oxygens (including phenoxy) is 2. The molecule has 4 aliphatic rings. The zero-order valence-electron chi connectivity index (χ0n) is 24.0. The molecule has 1 aromatic rings. The molecule has 11 heteroatoms. The van der Waals surface area contributed by atoms with Gasteiger partial charge >= 0.3 is 6.03 Å². The Labute approximate surface area is 240 Å². The topological polar surface area (TPSA) is 129 Å². The van der Waals surface area contributed by atoms with E-state index in [1.54, 1.807) is 18.1 Å². The highest BCUT2D eigenvalue weighted by atomic mass is 16.5. The zero-order chi connectivity index (χ0) is 29.1. The number of methoxy groups -OCH3 is 1. The fraction of sp³-hybridized carbons (Fsp3) is 0.533. The van der Waals surface area contributed by atoms with E-state index in [-0.39, 0.29) is 30.4 Å². The molecule has 0 unspecified atom stereocenters. The van der Waals surface area contributed by atoms with Gasteiger partial charge in [-0.05, 0) is 75.9 Å². The molecule has 41 heavy (non-hydrogen) atoms. The largest absolute Gasteiger partial charge is 0.497 e. The molecular formula is C30H39N5O6. The maximum atomic E-state index is 13.3. The van der Waals surface area contributed by atoms with Gasteiger partial charge in [-0.25, -0.2) is 4.79 Å². The minimum atomic E-state index is -1.20. The molecule has 2 aliphatic heterocycles. The number of nitrogens with zero attached hydrogens (tertiary/aromatic N) is 2. The average Bonchev–Trinajstić information content (AvgIpc) is 3.42. The van der Waals surface area contributed by atoms with Gasteiger partial charge in [0.2, 0.25) is 0 Å². The van der Waals surface area contributed by atoms with Crippen molar-refractivity contribution in [2.75, 3.05) is 40.8 Å². The smallest absolute Gasteiger partial charge is 0.322 e. The van der Waals surface area contributed by atoms with E-state index >= 15 is 0 Å². The fourth-order valence-corrected chi connectivity index (χ4v) is 6.24. The zero-order valence-corrected chi connectivity index (χ0v) is 24.0. The van der Waals surface area contributed by atoms with E-state index in [1.165, 1.54) is 0 Å². The van der Waals surface area contributed by atoms with E-state index in [0.29, 0.717) is 55.7 Å². The van der Waals surface area contributed by atoms with Crippen LogP contribution in [0.15, 0.2) is 41.7 Å². The fourth-order valence-electron chi connectivity index (χ4n) is 6.24. The predicted octanol–water partition coefficient (Wildman–Crippen LogP) is 2.09. The molecule has 2 aliphatic carbocycles. The first-order chi connectivity index (χ1) is 19.7. The Balaban J connectivity index is 1.21. The lowest BCUT2D eigenvalue weighted by atomic mass is 9.73. The molecule has 0 spiro atoms. The van der Waals surface area contributed by atoms with Crippen molar-refractivity contribution in [3.05, 3.63) is 52.8 Å². The van der Waals surface area contributed by atoms with Crippen LogP contribution in [0.1, 0.15) is 54.4 Å². The van der Waals surface area contributed by atoms with Gasteiger partial charge in [0.05, 0.1) is 25.5 Å². The number of carbonyl (C=O) groups is 4. The molecule has 5 rings (SSSR count). The van der Waals surface area contributed by atoms with Gasteiger partial charge in [0.1, 0.15) is 11.3 Å². The third-order valence-electron chi connectivity index (χ3n) is 8.47. The van der Waals surface area contributed by atoms with Crippen LogP contribution in [0.3, 0.4) is 0 Å². The number of allylic oxidation sites excluding steroid dienone is 2. The Morgan fingerprint density at radius 3 is 2.63 bits per heavy atom. The van der Waals surface area contributed by atoms with Gasteiger partial charge in [0.15, 0.2) is 0 Å². The second kappa shape index (κ2) is 11.9. The summed E-state index contributed by atoms with van der Waals surface area (Å²) in [6.07, 6.45) is 7.91. The minimum Gasteiger partial charge on any atom is -0.497 e. The third-order valence-corrected chi connectivity index (χ3v) is 8.47. The van der Waals surface area contributed by atoms with Gasteiger partial charge in [-0.2, -0.15) is 0 Å². The summed E-state index contributed by atoms with van der Waals surface area (Å²) in [5, 5.41) is 8.25. The average molecular weight is 566 g/mol. The molecule has 1 saturated carbocycles. The van der Waals surface area contributed by atoms with Crippen molar-refractivity contribution in [1.29, 1.82) is 0 Å². The van der Waals surface area contributed by atoms with Crippen molar-refractivity contribution in [2.24, 2.45) is 5.92 Å². The molecule has 0 aromatic heterocycles. The van der Waals surface area contributed by atoms with Crippen molar-refractivity contribution >= 4 is 23.8 Å². The second-order valence-corrected chi connectivity index (χ2v) is 11.5. The summed E-state index contributed by atoms with van der Waals surface area (Å²) in [7, 11) is 5.48. The third kappa shape index (κ3) is 6.09. The lowest BCUT2D eigenvalue weighted by Gasteiger charge is -2.41. The Morgan fingerprint density at radius 2 is 1.95 bits per heavy atom. The Morgan fingerprint density at radius 1 is 1.17 bits per heavy atom. The number of hydrogen-bond donors (Lipinski definition) is 3. The summed E-state index contributed by atoms with van der Waals surface area (Å²) in [6, 6.07) is 4.86. The first kappa shape index (κ1) is 28.7. The highest BCUT2D eigenvalue weighted by Crippen LogP contribution is 2.39. The maximum Gasteiger partial charge on any atom is 0.322 e. The predicted molar refractivity (Wildman–Crippen MR) is 151 cm³/mol. The summed E-state index contributed by atoms with van der Waals surface area (Å²) in [6.45, 7) is 1.81. The van der Waals surface area contributed by atoms with Crippen LogP contribution in [0.4, 0.5) is 4.79 Å². The number of urea groups is 1. The molecule has 5 amide bonds. The van der Waals surface area contributed by atoms with Crippen LogP contribution in [-0.2, 0) is 20.9 Å². The van der Waals surface area contributed by atoms with Crippen molar-refractivity contribution in [3.8, 4) is 5.75 Å². The Bertz CT molecular complexity index is 1280. The quantitative estimate of drug-likeness (QED) is 0.371. The standard InChI is InChI=1S/C30H39N5O6/c1-34(2)14-13-31-26(36)19-5-4-6-24(15-19)41-22-11-8-21(9-12-22)30(28(38)32-29(39)33-30)18-35-17-20-7-10-23(40-3)16-25(20)27(35)37/h5,7,10,15-16,21-22H,4,6,8-9,11-14,17-18H2,1-3H3,(H,31,36)(H2,32,33,38,39)/t21?,22?,30-/m0/s1. The lowest BCUT2D eigenvalue weighted by molar-refractivity contribution is -0.127. The molecule has 2 fully saturated rings. The normalized spacial score (nSPS) is 25.8. The summed E-state index contributed by atoms with van der Waals surface area (Å²) in [4.78, 5) is 55.1. The number of rotatable bonds is 10. The van der Waals surface area contributed by atoms with E-state index in [1.807, 2.05) is 43.3 Å². The molecule has 3 N–H and O–H groups in total. The van der Waals surface area contributed by atoms with Gasteiger partial charge in [-0.15, -0.1) is 0 Å². The van der Waals surface area contributed by atoms with Gasteiger partial charge < -0.3 is 29.9 Å². The van der Waals surface area contributed by atoms with E-state index in [4.69, 9.17) is 9.47 Å². The molecule has 220 valence electrons. The number of hydrogen-bond acceptors (Lipinski definition) is 7. The SMILES string of the molecule is COc1ccc2c(c1)C(=O)N(C[C@@]1(C3CCC(OC4=CC(C(=O)NCCN(C)C)=CCC4)CC3)NC(=O)NC1=O)C2. The van der Waals surface area contributed by atoms with Crippen LogP contribution in [-0.4, -0.2) is 86.0 Å². The summed E-state index contributed by atoms with van der Waals surface area (Å²) in [5.74, 6) is 0.573. The van der Waals surface area contributed by atoms with E-state index < -0.39 is 17.5 Å². The van der Waals surface area contributed by atoms with Crippen LogP contribution >= 0.6 is 0 Å². The van der Waals surface area contributed by atoms with Gasteiger partial charge in [0.25, 0.3) is 17.7 Å². The summed E-state index contributed by atoms with van der Waals surface area (Å²) >= 11 is 0.